The number of halogens is 2. The van der Waals surface area contributed by atoms with Crippen LogP contribution in [0.3, 0.4) is 0 Å². The summed E-state index contributed by atoms with van der Waals surface area (Å²) in [5, 5.41) is 7.29. The van der Waals surface area contributed by atoms with Crippen LogP contribution in [0.15, 0.2) is 48.0 Å². The second kappa shape index (κ2) is 9.94. The quantitative estimate of drug-likeness (QED) is 0.428. The molecule has 1 aliphatic rings. The van der Waals surface area contributed by atoms with E-state index in [1.165, 1.54) is 16.2 Å². The van der Waals surface area contributed by atoms with Crippen molar-refractivity contribution in [3.63, 3.8) is 0 Å². The van der Waals surface area contributed by atoms with Gasteiger partial charge in [-0.1, -0.05) is 24.3 Å². The van der Waals surface area contributed by atoms with E-state index in [4.69, 9.17) is 16.9 Å². The summed E-state index contributed by atoms with van der Waals surface area (Å²) in [6.07, 6.45) is 5.86. The van der Waals surface area contributed by atoms with Gasteiger partial charge in [-0.05, 0) is 29.2 Å². The number of nitrogens with zero attached hydrogens (tertiary/aromatic N) is 3. The predicted octanol–water partition coefficient (Wildman–Crippen LogP) is 3.60. The summed E-state index contributed by atoms with van der Waals surface area (Å²) in [6, 6.07) is 9.19. The first-order valence-corrected chi connectivity index (χ1v) is 11.2. The summed E-state index contributed by atoms with van der Waals surface area (Å²) in [7, 11) is 0. The second-order valence-corrected chi connectivity index (χ2v) is 8.53. The number of rotatable bonds is 7. The number of hydrogen-bond donors (Lipinski definition) is 3. The number of thiazole rings is 1. The van der Waals surface area contributed by atoms with Gasteiger partial charge in [-0.15, -0.1) is 17.8 Å². The van der Waals surface area contributed by atoms with Gasteiger partial charge in [-0.25, -0.2) is 28.3 Å². The molecule has 2 aromatic heterocycles. The third-order valence-electron chi connectivity index (χ3n) is 5.12. The lowest BCUT2D eigenvalue weighted by Gasteiger charge is -2.40. The van der Waals surface area contributed by atoms with Crippen LogP contribution in [0.5, 0.6) is 0 Å². The van der Waals surface area contributed by atoms with Crippen molar-refractivity contribution < 1.29 is 23.1 Å². The predicted molar refractivity (Wildman–Crippen MR) is 127 cm³/mol. The van der Waals surface area contributed by atoms with Crippen LogP contribution >= 0.6 is 11.3 Å². The van der Waals surface area contributed by atoms with Crippen LogP contribution < -0.4 is 21.3 Å². The fourth-order valence-corrected chi connectivity index (χ4v) is 4.08. The van der Waals surface area contributed by atoms with Gasteiger partial charge in [0, 0.05) is 17.1 Å². The zero-order valence-electron chi connectivity index (χ0n) is 18.2. The minimum Gasteiger partial charge on any atom is -0.447 e. The Hall–Kier alpha value is -4.24. The van der Waals surface area contributed by atoms with E-state index in [2.05, 4.69) is 26.5 Å². The number of nitrogens with one attached hydrogen (secondary N) is 2. The standard InChI is InChI=1S/C23H20F2N6O3S/c1-2-19-29-18(11-35-19)30-22(33)28-17(10-34-21(26)32)15-7-5-14(6-8-15)16-4-3-9-27-20(16)31-12-23(24,25)13-31/h1,3-9,11,17H,10,12-13H2,(H2,26,32)(H2,28,30,33)/t17-/m0/s1. The minimum atomic E-state index is -2.72. The first-order chi connectivity index (χ1) is 16.7. The summed E-state index contributed by atoms with van der Waals surface area (Å²) >= 11 is 1.20. The number of pyridine rings is 1. The molecular formula is C23H20F2N6O3S. The zero-order chi connectivity index (χ0) is 25.0. The van der Waals surface area contributed by atoms with Crippen LogP contribution in [0.1, 0.15) is 16.6 Å². The van der Waals surface area contributed by atoms with Crippen molar-refractivity contribution in [3.8, 4) is 23.5 Å². The third-order valence-corrected chi connectivity index (χ3v) is 5.90. The van der Waals surface area contributed by atoms with Crippen molar-refractivity contribution in [2.75, 3.05) is 29.9 Å². The van der Waals surface area contributed by atoms with Gasteiger partial charge in [0.2, 0.25) is 0 Å². The van der Waals surface area contributed by atoms with Crippen LogP contribution in [-0.2, 0) is 4.74 Å². The van der Waals surface area contributed by atoms with Crippen LogP contribution in [0, 0.1) is 12.3 Å². The fraction of sp³-hybridized carbons (Fsp3) is 0.217. The number of ether oxygens (including phenoxy) is 1. The number of carbonyl (C=O) groups excluding carboxylic acids is 2. The lowest BCUT2D eigenvalue weighted by Crippen LogP contribution is -2.56. The summed E-state index contributed by atoms with van der Waals surface area (Å²) in [4.78, 5) is 33.5. The molecule has 1 atom stereocenters. The van der Waals surface area contributed by atoms with Gasteiger partial charge in [-0.3, -0.25) is 5.32 Å². The Morgan fingerprint density at radius 2 is 2.03 bits per heavy atom. The van der Waals surface area contributed by atoms with E-state index in [0.29, 0.717) is 22.0 Å². The number of primary amides is 1. The topological polar surface area (TPSA) is 122 Å². The van der Waals surface area contributed by atoms with E-state index >= 15 is 0 Å². The molecule has 1 fully saturated rings. The van der Waals surface area contributed by atoms with Gasteiger partial charge in [0.1, 0.15) is 18.2 Å². The van der Waals surface area contributed by atoms with Crippen LogP contribution in [-0.4, -0.2) is 47.7 Å². The molecule has 12 heteroatoms. The molecule has 1 aliphatic heterocycles. The van der Waals surface area contributed by atoms with Crippen LogP contribution in [0.2, 0.25) is 0 Å². The average molecular weight is 499 g/mol. The number of alkyl halides is 2. The second-order valence-electron chi connectivity index (χ2n) is 7.67. The van der Waals surface area contributed by atoms with Crippen molar-refractivity contribution in [2.45, 2.75) is 12.0 Å². The number of urea groups is 1. The Morgan fingerprint density at radius 3 is 2.66 bits per heavy atom. The number of aromatic nitrogens is 2. The Balaban J connectivity index is 1.51. The number of amides is 3. The summed E-state index contributed by atoms with van der Waals surface area (Å²) in [5.41, 5.74) is 7.15. The highest BCUT2D eigenvalue weighted by Crippen LogP contribution is 2.36. The average Bonchev–Trinajstić information content (AvgIpc) is 3.27. The normalized spacial score (nSPS) is 14.8. The summed E-state index contributed by atoms with van der Waals surface area (Å²) < 4.78 is 31.7. The van der Waals surface area contributed by atoms with E-state index in [1.807, 2.05) is 0 Å². The van der Waals surface area contributed by atoms with E-state index in [-0.39, 0.29) is 25.5 Å². The molecule has 0 aliphatic carbocycles. The van der Waals surface area contributed by atoms with Crippen molar-refractivity contribution in [1.82, 2.24) is 15.3 Å². The van der Waals surface area contributed by atoms with Gasteiger partial charge in [-0.2, -0.15) is 0 Å². The summed E-state index contributed by atoms with van der Waals surface area (Å²) in [5.74, 6) is 0.406. The number of nitrogens with two attached hydrogens (primary N) is 1. The van der Waals surface area contributed by atoms with Gasteiger partial charge in [0.15, 0.2) is 5.01 Å². The maximum Gasteiger partial charge on any atom is 0.404 e. The Bertz CT molecular complexity index is 1270. The number of anilines is 2. The number of carbonyl (C=O) groups is 2. The largest absolute Gasteiger partial charge is 0.447 e. The first kappa shape index (κ1) is 23.9. The molecule has 0 radical (unpaired) electrons. The van der Waals surface area contributed by atoms with Gasteiger partial charge < -0.3 is 20.7 Å². The molecule has 0 unspecified atom stereocenters. The van der Waals surface area contributed by atoms with E-state index in [1.54, 1.807) is 48.0 Å². The molecule has 1 saturated heterocycles. The third kappa shape index (κ3) is 5.82. The van der Waals surface area contributed by atoms with Crippen molar-refractivity contribution >= 4 is 35.1 Å². The molecule has 180 valence electrons. The van der Waals surface area contributed by atoms with E-state index in [0.717, 1.165) is 5.56 Å². The monoisotopic (exact) mass is 498 g/mol. The molecule has 0 saturated carbocycles. The highest BCUT2D eigenvalue weighted by Gasteiger charge is 2.45. The SMILES string of the molecule is C#Cc1nc(NC(=O)N[C@@H](COC(N)=O)c2ccc(-c3cccnc3N3CC(F)(F)C3)cc2)cs1. The minimum absolute atomic E-state index is 0.213. The Morgan fingerprint density at radius 1 is 1.29 bits per heavy atom. The molecule has 0 bridgehead atoms. The number of terminal acetylenes is 1. The molecule has 3 heterocycles. The van der Waals surface area contributed by atoms with E-state index in [9.17, 15) is 18.4 Å². The highest BCUT2D eigenvalue weighted by atomic mass is 32.1. The Labute approximate surface area is 203 Å². The van der Waals surface area contributed by atoms with E-state index < -0.39 is 24.1 Å². The number of hydrogen-bond acceptors (Lipinski definition) is 7. The van der Waals surface area contributed by atoms with Crippen molar-refractivity contribution in [2.24, 2.45) is 5.73 Å². The number of benzene rings is 1. The molecule has 1 aromatic carbocycles. The molecule has 35 heavy (non-hydrogen) atoms. The van der Waals surface area contributed by atoms with Gasteiger partial charge in [0.05, 0.1) is 19.1 Å². The molecule has 4 N–H and O–H groups in total. The smallest absolute Gasteiger partial charge is 0.404 e. The lowest BCUT2D eigenvalue weighted by molar-refractivity contribution is -0.0266. The molecule has 0 spiro atoms. The molecule has 9 nitrogen and oxygen atoms in total. The molecule has 4 rings (SSSR count). The highest BCUT2D eigenvalue weighted by molar-refractivity contribution is 7.10. The maximum absolute atomic E-state index is 13.4. The lowest BCUT2D eigenvalue weighted by atomic mass is 10.00. The summed E-state index contributed by atoms with van der Waals surface area (Å²) in [6.45, 7) is -0.985. The molecule has 3 aromatic rings. The van der Waals surface area contributed by atoms with Crippen molar-refractivity contribution in [3.05, 3.63) is 58.5 Å². The van der Waals surface area contributed by atoms with Gasteiger partial charge in [0.25, 0.3) is 5.92 Å². The molecule has 3 amide bonds. The fourth-order valence-electron chi connectivity index (χ4n) is 3.53. The van der Waals surface area contributed by atoms with Gasteiger partial charge >= 0.3 is 12.1 Å². The molecular weight excluding hydrogens is 478 g/mol. The van der Waals surface area contributed by atoms with Crippen LogP contribution in [0.4, 0.5) is 30.0 Å². The maximum atomic E-state index is 13.4. The zero-order valence-corrected chi connectivity index (χ0v) is 19.0. The first-order valence-electron chi connectivity index (χ1n) is 10.3. The Kier molecular flexibility index (Phi) is 6.79. The van der Waals surface area contributed by atoms with Crippen molar-refractivity contribution in [1.29, 1.82) is 0 Å². The van der Waals surface area contributed by atoms with Crippen LogP contribution in [0.25, 0.3) is 11.1 Å².